The molecule has 11 heteroatoms. The van der Waals surface area contributed by atoms with E-state index in [1.54, 1.807) is 6.92 Å². The molecular weight excluding hydrogens is 466 g/mol. The lowest BCUT2D eigenvalue weighted by Crippen LogP contribution is -2.55. The first-order valence-electron chi connectivity index (χ1n) is 11.6. The van der Waals surface area contributed by atoms with E-state index < -0.39 is 34.9 Å². The normalized spacial score (nSPS) is 16.5. The van der Waals surface area contributed by atoms with Crippen molar-refractivity contribution in [3.63, 3.8) is 0 Å². The van der Waals surface area contributed by atoms with E-state index in [0.717, 1.165) is 5.56 Å². The number of rotatable bonds is 9. The van der Waals surface area contributed by atoms with Gasteiger partial charge in [0, 0.05) is 37.7 Å². The fourth-order valence-corrected chi connectivity index (χ4v) is 4.14. The Hall–Kier alpha value is -4.28. The zero-order valence-corrected chi connectivity index (χ0v) is 20.1. The number of likely N-dealkylation sites (tertiary alicyclic amines) is 1. The van der Waals surface area contributed by atoms with Crippen molar-refractivity contribution in [1.82, 2.24) is 15.5 Å². The molecule has 3 rings (SSSR count). The maximum atomic E-state index is 13.2. The maximum absolute atomic E-state index is 13.2. The van der Waals surface area contributed by atoms with Gasteiger partial charge in [-0.05, 0) is 37.5 Å². The zero-order chi connectivity index (χ0) is 26.2. The quantitative estimate of drug-likeness (QED) is 0.356. The maximum Gasteiger partial charge on any atom is 0.269 e. The van der Waals surface area contributed by atoms with Gasteiger partial charge in [-0.2, -0.15) is 0 Å². The van der Waals surface area contributed by atoms with Crippen molar-refractivity contribution >= 4 is 35.0 Å². The van der Waals surface area contributed by atoms with E-state index in [-0.39, 0.29) is 23.9 Å². The number of nitrogens with zero attached hydrogens (tertiary/aromatic N) is 2. The van der Waals surface area contributed by atoms with Crippen LogP contribution in [-0.2, 0) is 25.6 Å². The molecule has 0 radical (unpaired) electrons. The molecule has 1 saturated heterocycles. The lowest BCUT2D eigenvalue weighted by Gasteiger charge is -2.28. The van der Waals surface area contributed by atoms with Gasteiger partial charge in [0.05, 0.1) is 4.92 Å². The molecule has 190 valence electrons. The molecule has 4 amide bonds. The summed E-state index contributed by atoms with van der Waals surface area (Å²) in [6, 6.07) is 12.0. The number of nitro groups is 1. The summed E-state index contributed by atoms with van der Waals surface area (Å²) in [5.41, 5.74) is 1.06. The van der Waals surface area contributed by atoms with E-state index in [4.69, 9.17) is 0 Å². The number of anilines is 1. The third-order valence-corrected chi connectivity index (χ3v) is 5.89. The molecular formula is C25H29N5O6. The molecule has 0 aromatic heterocycles. The molecule has 0 saturated carbocycles. The molecule has 1 fully saturated rings. The molecule has 2 aromatic rings. The summed E-state index contributed by atoms with van der Waals surface area (Å²) in [5, 5.41) is 18.9. The van der Waals surface area contributed by atoms with E-state index in [0.29, 0.717) is 25.1 Å². The number of hydrogen-bond donors (Lipinski definition) is 3. The van der Waals surface area contributed by atoms with Gasteiger partial charge in [0.25, 0.3) is 5.69 Å². The standard InChI is InChI=1S/C25H29N5O6/c1-16(26-17(2)31)25(34)29-14-6-9-22(29)24(33)28-21(15-18-7-4-3-5-8-18)23(32)27-19-10-12-20(13-11-19)30(35)36/h3-5,7-8,10-13,16,21-22H,6,9,14-15H2,1-2H3,(H,26,31)(H,27,32)(H,28,33)/t16-,21-,22-/m0/s1. The van der Waals surface area contributed by atoms with Gasteiger partial charge in [0.15, 0.2) is 0 Å². The SMILES string of the molecule is CC(=O)N[C@@H](C)C(=O)N1CCC[C@H]1C(=O)N[C@@H](Cc1ccccc1)C(=O)Nc1ccc([N+](=O)[O-])cc1. The molecule has 3 atom stereocenters. The molecule has 1 aliphatic heterocycles. The van der Waals surface area contributed by atoms with Crippen LogP contribution in [0.2, 0.25) is 0 Å². The highest BCUT2D eigenvalue weighted by atomic mass is 16.6. The van der Waals surface area contributed by atoms with Crippen LogP contribution in [0.5, 0.6) is 0 Å². The summed E-state index contributed by atoms with van der Waals surface area (Å²) in [6.45, 7) is 3.25. The smallest absolute Gasteiger partial charge is 0.269 e. The van der Waals surface area contributed by atoms with Gasteiger partial charge in [0.2, 0.25) is 23.6 Å². The molecule has 1 heterocycles. The first-order valence-corrected chi connectivity index (χ1v) is 11.6. The Morgan fingerprint density at radius 1 is 1.06 bits per heavy atom. The minimum atomic E-state index is -0.958. The van der Waals surface area contributed by atoms with Gasteiger partial charge in [-0.3, -0.25) is 29.3 Å². The molecule has 3 N–H and O–H groups in total. The van der Waals surface area contributed by atoms with E-state index in [1.165, 1.54) is 36.1 Å². The predicted molar refractivity (Wildman–Crippen MR) is 132 cm³/mol. The van der Waals surface area contributed by atoms with Crippen molar-refractivity contribution in [2.75, 3.05) is 11.9 Å². The third kappa shape index (κ3) is 6.87. The second-order valence-electron chi connectivity index (χ2n) is 8.66. The number of nitro benzene ring substituents is 1. The molecule has 0 spiro atoms. The summed E-state index contributed by atoms with van der Waals surface area (Å²) < 4.78 is 0. The fraction of sp³-hybridized carbons (Fsp3) is 0.360. The number of nitrogens with one attached hydrogen (secondary N) is 3. The second-order valence-corrected chi connectivity index (χ2v) is 8.66. The van der Waals surface area contributed by atoms with Crippen LogP contribution in [0.1, 0.15) is 32.3 Å². The number of hydrogen-bond acceptors (Lipinski definition) is 6. The van der Waals surface area contributed by atoms with E-state index in [9.17, 15) is 29.3 Å². The molecule has 36 heavy (non-hydrogen) atoms. The largest absolute Gasteiger partial charge is 0.345 e. The number of carbonyl (C=O) groups excluding carboxylic acids is 4. The number of benzene rings is 2. The topological polar surface area (TPSA) is 151 Å². The molecule has 0 unspecified atom stereocenters. The summed E-state index contributed by atoms with van der Waals surface area (Å²) in [4.78, 5) is 62.3. The predicted octanol–water partition coefficient (Wildman–Crippen LogP) is 1.78. The fourth-order valence-electron chi connectivity index (χ4n) is 4.14. The van der Waals surface area contributed by atoms with Crippen LogP contribution in [0.15, 0.2) is 54.6 Å². The summed E-state index contributed by atoms with van der Waals surface area (Å²) >= 11 is 0. The zero-order valence-electron chi connectivity index (χ0n) is 20.1. The third-order valence-electron chi connectivity index (χ3n) is 5.89. The van der Waals surface area contributed by atoms with Gasteiger partial charge >= 0.3 is 0 Å². The van der Waals surface area contributed by atoms with E-state index in [2.05, 4.69) is 16.0 Å². The molecule has 11 nitrogen and oxygen atoms in total. The van der Waals surface area contributed by atoms with Crippen LogP contribution in [-0.4, -0.2) is 58.1 Å². The second kappa shape index (κ2) is 11.9. The Morgan fingerprint density at radius 3 is 2.33 bits per heavy atom. The number of carbonyl (C=O) groups is 4. The van der Waals surface area contributed by atoms with Crippen LogP contribution in [0.4, 0.5) is 11.4 Å². The monoisotopic (exact) mass is 495 g/mol. The van der Waals surface area contributed by atoms with Crippen LogP contribution in [0, 0.1) is 10.1 Å². The van der Waals surface area contributed by atoms with Crippen LogP contribution >= 0.6 is 0 Å². The Bertz CT molecular complexity index is 1120. The minimum absolute atomic E-state index is 0.110. The first-order chi connectivity index (χ1) is 17.2. The Kier molecular flexibility index (Phi) is 8.71. The van der Waals surface area contributed by atoms with Crippen molar-refractivity contribution in [2.45, 2.75) is 51.2 Å². The number of amides is 4. The van der Waals surface area contributed by atoms with Crippen molar-refractivity contribution in [2.24, 2.45) is 0 Å². The summed E-state index contributed by atoms with van der Waals surface area (Å²) in [5.74, 6) is -1.67. The van der Waals surface area contributed by atoms with Crippen LogP contribution in [0.3, 0.4) is 0 Å². The lowest BCUT2D eigenvalue weighted by atomic mass is 10.0. The van der Waals surface area contributed by atoms with Crippen molar-refractivity contribution < 1.29 is 24.1 Å². The lowest BCUT2D eigenvalue weighted by molar-refractivity contribution is -0.384. The molecule has 0 aliphatic carbocycles. The van der Waals surface area contributed by atoms with Crippen molar-refractivity contribution in [3.05, 3.63) is 70.3 Å². The minimum Gasteiger partial charge on any atom is -0.345 e. The Balaban J connectivity index is 1.75. The average Bonchev–Trinajstić information content (AvgIpc) is 3.33. The van der Waals surface area contributed by atoms with Gasteiger partial charge in [-0.1, -0.05) is 30.3 Å². The van der Waals surface area contributed by atoms with Gasteiger partial charge < -0.3 is 20.9 Å². The van der Waals surface area contributed by atoms with Crippen LogP contribution < -0.4 is 16.0 Å². The summed E-state index contributed by atoms with van der Waals surface area (Å²) in [6.07, 6.45) is 1.26. The molecule has 0 bridgehead atoms. The first kappa shape index (κ1) is 26.3. The van der Waals surface area contributed by atoms with Crippen molar-refractivity contribution in [3.8, 4) is 0 Å². The molecule has 1 aliphatic rings. The highest BCUT2D eigenvalue weighted by Crippen LogP contribution is 2.20. The van der Waals surface area contributed by atoms with E-state index >= 15 is 0 Å². The average molecular weight is 496 g/mol. The van der Waals surface area contributed by atoms with Gasteiger partial charge in [-0.15, -0.1) is 0 Å². The summed E-state index contributed by atoms with van der Waals surface area (Å²) in [7, 11) is 0. The Labute approximate surface area is 208 Å². The highest BCUT2D eigenvalue weighted by Gasteiger charge is 2.37. The van der Waals surface area contributed by atoms with E-state index in [1.807, 2.05) is 30.3 Å². The Morgan fingerprint density at radius 2 is 1.72 bits per heavy atom. The van der Waals surface area contributed by atoms with Crippen LogP contribution in [0.25, 0.3) is 0 Å². The van der Waals surface area contributed by atoms with Gasteiger partial charge in [-0.25, -0.2) is 0 Å². The highest BCUT2D eigenvalue weighted by molar-refractivity contribution is 5.99. The van der Waals surface area contributed by atoms with Gasteiger partial charge in [0.1, 0.15) is 18.1 Å². The molecule has 2 aromatic carbocycles. The number of non-ortho nitro benzene ring substituents is 1. The van der Waals surface area contributed by atoms with Crippen molar-refractivity contribution in [1.29, 1.82) is 0 Å².